The summed E-state index contributed by atoms with van der Waals surface area (Å²) in [5, 5.41) is 9.35. The molecule has 6 heteroatoms. The Morgan fingerprint density at radius 2 is 2.05 bits per heavy atom. The largest absolute Gasteiger partial charge is 0.394 e. The molecule has 0 bridgehead atoms. The van der Waals surface area contributed by atoms with Crippen molar-refractivity contribution in [3.8, 4) is 0 Å². The average Bonchev–Trinajstić information content (AvgIpc) is 2.86. The van der Waals surface area contributed by atoms with E-state index >= 15 is 0 Å². The zero-order valence-corrected chi connectivity index (χ0v) is 13.0. The van der Waals surface area contributed by atoms with Gasteiger partial charge in [0.15, 0.2) is 0 Å². The van der Waals surface area contributed by atoms with Crippen LogP contribution in [0, 0.1) is 5.41 Å². The van der Waals surface area contributed by atoms with Crippen LogP contribution in [0.15, 0.2) is 0 Å². The second-order valence-corrected chi connectivity index (χ2v) is 6.96. The van der Waals surface area contributed by atoms with Gasteiger partial charge in [-0.05, 0) is 26.7 Å². The predicted molar refractivity (Wildman–Crippen MR) is 80.3 cm³/mol. The standard InChI is InChI=1S/C14H24N2O3S/c1-13(2)9-16(7-10(8-17)19-13)12(18)14(11(15)20)5-3-4-6-14/h10,17H,3-9H2,1-2H3,(H2,15,20). The summed E-state index contributed by atoms with van der Waals surface area (Å²) < 4.78 is 5.75. The molecule has 3 N–H and O–H groups in total. The van der Waals surface area contributed by atoms with E-state index in [1.165, 1.54) is 0 Å². The molecule has 1 aliphatic heterocycles. The summed E-state index contributed by atoms with van der Waals surface area (Å²) in [4.78, 5) is 15.0. The van der Waals surface area contributed by atoms with Crippen molar-refractivity contribution in [2.75, 3.05) is 19.7 Å². The highest BCUT2D eigenvalue weighted by atomic mass is 32.1. The first-order valence-electron chi connectivity index (χ1n) is 7.19. The Balaban J connectivity index is 2.21. The van der Waals surface area contributed by atoms with Gasteiger partial charge in [-0.2, -0.15) is 0 Å². The molecule has 1 heterocycles. The Bertz CT molecular complexity index is 405. The van der Waals surface area contributed by atoms with Crippen molar-refractivity contribution in [3.63, 3.8) is 0 Å². The number of carbonyl (C=O) groups is 1. The molecular formula is C14H24N2O3S. The van der Waals surface area contributed by atoms with Crippen molar-refractivity contribution in [2.45, 2.75) is 51.2 Å². The van der Waals surface area contributed by atoms with Crippen LogP contribution in [0.3, 0.4) is 0 Å². The first-order valence-corrected chi connectivity index (χ1v) is 7.59. The normalized spacial score (nSPS) is 28.4. The molecule has 0 aromatic carbocycles. The van der Waals surface area contributed by atoms with Gasteiger partial charge in [-0.15, -0.1) is 0 Å². The Labute approximate surface area is 125 Å². The summed E-state index contributed by atoms with van der Waals surface area (Å²) in [6, 6.07) is 0. The minimum absolute atomic E-state index is 0.0114. The van der Waals surface area contributed by atoms with E-state index in [1.54, 1.807) is 4.90 Å². The minimum atomic E-state index is -0.678. The third kappa shape index (κ3) is 2.82. The highest BCUT2D eigenvalue weighted by Crippen LogP contribution is 2.41. The quantitative estimate of drug-likeness (QED) is 0.755. The smallest absolute Gasteiger partial charge is 0.235 e. The number of nitrogens with two attached hydrogens (primary N) is 1. The van der Waals surface area contributed by atoms with Gasteiger partial charge < -0.3 is 20.5 Å². The van der Waals surface area contributed by atoms with Gasteiger partial charge in [-0.3, -0.25) is 4.79 Å². The van der Waals surface area contributed by atoms with Gasteiger partial charge in [0, 0.05) is 13.1 Å². The van der Waals surface area contributed by atoms with E-state index in [4.69, 9.17) is 22.7 Å². The number of hydrogen-bond acceptors (Lipinski definition) is 4. The number of hydrogen-bond donors (Lipinski definition) is 2. The number of nitrogens with zero attached hydrogens (tertiary/aromatic N) is 1. The molecule has 2 fully saturated rings. The maximum atomic E-state index is 12.9. The molecule has 0 aromatic heterocycles. The number of aliphatic hydroxyl groups excluding tert-OH is 1. The summed E-state index contributed by atoms with van der Waals surface area (Å²) in [7, 11) is 0. The fourth-order valence-electron chi connectivity index (χ4n) is 3.39. The summed E-state index contributed by atoms with van der Waals surface area (Å²) in [5.41, 5.74) is 4.74. The minimum Gasteiger partial charge on any atom is -0.394 e. The number of aliphatic hydroxyl groups is 1. The number of amides is 1. The molecule has 0 spiro atoms. The summed E-state index contributed by atoms with van der Waals surface area (Å²) in [5.74, 6) is 0.0114. The van der Waals surface area contributed by atoms with Crippen LogP contribution in [0.25, 0.3) is 0 Å². The van der Waals surface area contributed by atoms with Gasteiger partial charge in [-0.1, -0.05) is 25.1 Å². The molecule has 114 valence electrons. The number of rotatable bonds is 3. The topological polar surface area (TPSA) is 75.8 Å². The molecule has 1 saturated heterocycles. The lowest BCUT2D eigenvalue weighted by atomic mass is 9.83. The number of thiocarbonyl (C=S) groups is 1. The fraction of sp³-hybridized carbons (Fsp3) is 0.857. The zero-order valence-electron chi connectivity index (χ0n) is 12.2. The van der Waals surface area contributed by atoms with Crippen LogP contribution in [0.1, 0.15) is 39.5 Å². The van der Waals surface area contributed by atoms with Crippen molar-refractivity contribution < 1.29 is 14.6 Å². The highest BCUT2D eigenvalue weighted by Gasteiger charge is 2.48. The molecule has 1 saturated carbocycles. The first kappa shape index (κ1) is 15.7. The van der Waals surface area contributed by atoms with Crippen LogP contribution in [-0.2, 0) is 9.53 Å². The number of ether oxygens (including phenoxy) is 1. The van der Waals surface area contributed by atoms with Crippen LogP contribution in [0.4, 0.5) is 0 Å². The maximum Gasteiger partial charge on any atom is 0.235 e. The SMILES string of the molecule is CC1(C)CN(C(=O)C2(C(N)=S)CCCC2)CC(CO)O1. The lowest BCUT2D eigenvalue weighted by Gasteiger charge is -2.45. The van der Waals surface area contributed by atoms with Crippen LogP contribution >= 0.6 is 12.2 Å². The first-order chi connectivity index (χ1) is 9.31. The summed E-state index contributed by atoms with van der Waals surface area (Å²) >= 11 is 5.18. The fourth-order valence-corrected chi connectivity index (χ4v) is 3.68. The molecule has 1 atom stereocenters. The number of carbonyl (C=O) groups excluding carboxylic acids is 1. The third-order valence-corrected chi connectivity index (χ3v) is 4.70. The molecule has 1 unspecified atom stereocenters. The van der Waals surface area contributed by atoms with Gasteiger partial charge in [0.2, 0.25) is 5.91 Å². The van der Waals surface area contributed by atoms with Crippen molar-refractivity contribution in [1.29, 1.82) is 0 Å². The molecule has 0 radical (unpaired) electrons. The summed E-state index contributed by atoms with van der Waals surface area (Å²) in [6.07, 6.45) is 3.11. The van der Waals surface area contributed by atoms with Gasteiger partial charge in [0.05, 0.1) is 28.7 Å². The molecule has 20 heavy (non-hydrogen) atoms. The summed E-state index contributed by atoms with van der Waals surface area (Å²) in [6.45, 7) is 4.68. The molecule has 1 amide bonds. The second-order valence-electron chi connectivity index (χ2n) is 6.52. The van der Waals surface area contributed by atoms with E-state index in [9.17, 15) is 9.90 Å². The second kappa shape index (κ2) is 5.58. The van der Waals surface area contributed by atoms with Gasteiger partial charge >= 0.3 is 0 Å². The predicted octanol–water partition coefficient (Wildman–Crippen LogP) is 0.831. The molecular weight excluding hydrogens is 276 g/mol. The molecule has 0 aromatic rings. The van der Waals surface area contributed by atoms with Gasteiger partial charge in [0.25, 0.3) is 0 Å². The van der Waals surface area contributed by atoms with Crippen LogP contribution in [-0.4, -0.2) is 52.3 Å². The van der Waals surface area contributed by atoms with Crippen LogP contribution < -0.4 is 5.73 Å². The Morgan fingerprint density at radius 3 is 2.55 bits per heavy atom. The van der Waals surface area contributed by atoms with E-state index < -0.39 is 11.0 Å². The highest BCUT2D eigenvalue weighted by molar-refractivity contribution is 7.80. The molecule has 2 rings (SSSR count). The van der Waals surface area contributed by atoms with E-state index in [1.807, 2.05) is 13.8 Å². The Kier molecular flexibility index (Phi) is 4.37. The van der Waals surface area contributed by atoms with Crippen molar-refractivity contribution in [1.82, 2.24) is 4.90 Å². The van der Waals surface area contributed by atoms with Crippen molar-refractivity contribution in [2.24, 2.45) is 11.1 Å². The van der Waals surface area contributed by atoms with E-state index in [0.717, 1.165) is 25.7 Å². The lowest BCUT2D eigenvalue weighted by Crippen LogP contribution is -2.60. The van der Waals surface area contributed by atoms with E-state index in [0.29, 0.717) is 18.1 Å². The van der Waals surface area contributed by atoms with Gasteiger partial charge in [-0.25, -0.2) is 0 Å². The van der Waals surface area contributed by atoms with E-state index in [-0.39, 0.29) is 18.6 Å². The zero-order chi connectivity index (χ0) is 15.0. The van der Waals surface area contributed by atoms with Gasteiger partial charge in [0.1, 0.15) is 0 Å². The van der Waals surface area contributed by atoms with Crippen molar-refractivity contribution >= 4 is 23.1 Å². The van der Waals surface area contributed by atoms with Crippen LogP contribution in [0.2, 0.25) is 0 Å². The lowest BCUT2D eigenvalue weighted by molar-refractivity contribution is -0.171. The molecule has 2 aliphatic rings. The van der Waals surface area contributed by atoms with E-state index in [2.05, 4.69) is 0 Å². The Hall–Kier alpha value is -0.720. The number of morpholine rings is 1. The Morgan fingerprint density at radius 1 is 1.45 bits per heavy atom. The molecule has 5 nitrogen and oxygen atoms in total. The van der Waals surface area contributed by atoms with Crippen LogP contribution in [0.5, 0.6) is 0 Å². The van der Waals surface area contributed by atoms with Crippen molar-refractivity contribution in [3.05, 3.63) is 0 Å². The maximum absolute atomic E-state index is 12.9. The monoisotopic (exact) mass is 300 g/mol. The molecule has 1 aliphatic carbocycles. The average molecular weight is 300 g/mol. The third-order valence-electron chi connectivity index (χ3n) is 4.31.